The Bertz CT molecular complexity index is 1090. The average Bonchev–Trinajstić information content (AvgIpc) is 3.26. The quantitative estimate of drug-likeness (QED) is 0.608. The third-order valence-electron chi connectivity index (χ3n) is 6.80. The molecule has 9 heteroatoms. The Morgan fingerprint density at radius 2 is 1.86 bits per heavy atom. The van der Waals surface area contributed by atoms with Crippen LogP contribution < -0.4 is 10.1 Å². The van der Waals surface area contributed by atoms with Crippen LogP contribution in [0.25, 0.3) is 0 Å². The van der Waals surface area contributed by atoms with E-state index in [1.54, 1.807) is 16.4 Å². The number of hydrogen-bond donors (Lipinski definition) is 1. The number of imidazole rings is 1. The first kappa shape index (κ1) is 24.8. The summed E-state index contributed by atoms with van der Waals surface area (Å²) in [4.78, 5) is 45.4. The molecule has 1 aliphatic carbocycles. The van der Waals surface area contributed by atoms with E-state index in [9.17, 15) is 14.4 Å². The summed E-state index contributed by atoms with van der Waals surface area (Å²) in [6.07, 6.45) is 6.71. The third-order valence-corrected chi connectivity index (χ3v) is 6.80. The van der Waals surface area contributed by atoms with Crippen molar-refractivity contribution in [3.8, 4) is 5.75 Å². The number of ether oxygens (including phenoxy) is 2. The van der Waals surface area contributed by atoms with Crippen molar-refractivity contribution < 1.29 is 23.9 Å². The fraction of sp³-hybridized carbons (Fsp3) is 0.538. The molecule has 0 spiro atoms. The van der Waals surface area contributed by atoms with E-state index in [0.29, 0.717) is 0 Å². The maximum Gasteiger partial charge on any atom is 0.359 e. The van der Waals surface area contributed by atoms with Gasteiger partial charge in [-0.25, -0.2) is 9.78 Å². The van der Waals surface area contributed by atoms with E-state index in [2.05, 4.69) is 10.3 Å². The van der Waals surface area contributed by atoms with Gasteiger partial charge in [0.15, 0.2) is 5.69 Å². The van der Waals surface area contributed by atoms with Gasteiger partial charge in [-0.05, 0) is 51.3 Å². The summed E-state index contributed by atoms with van der Waals surface area (Å²) >= 11 is 0. The molecule has 1 aromatic carbocycles. The van der Waals surface area contributed by atoms with Gasteiger partial charge in [-0.1, -0.05) is 31.4 Å². The van der Waals surface area contributed by atoms with Crippen LogP contribution in [0.3, 0.4) is 0 Å². The molecule has 4 rings (SSSR count). The molecule has 0 bridgehead atoms. The highest BCUT2D eigenvalue weighted by atomic mass is 16.5. The molecule has 2 aliphatic rings. The zero-order chi connectivity index (χ0) is 25.2. The van der Waals surface area contributed by atoms with Gasteiger partial charge in [0, 0.05) is 12.6 Å². The van der Waals surface area contributed by atoms with Crippen LogP contribution in [0.2, 0.25) is 0 Å². The third kappa shape index (κ3) is 5.04. The number of amides is 2. The van der Waals surface area contributed by atoms with Crippen molar-refractivity contribution in [2.75, 3.05) is 7.11 Å². The Morgan fingerprint density at radius 1 is 1.17 bits per heavy atom. The Morgan fingerprint density at radius 3 is 2.49 bits per heavy atom. The molecule has 1 saturated carbocycles. The Kier molecular flexibility index (Phi) is 7.14. The van der Waals surface area contributed by atoms with E-state index in [0.717, 1.165) is 37.0 Å². The van der Waals surface area contributed by atoms with Crippen LogP contribution in [0.15, 0.2) is 30.6 Å². The normalized spacial score (nSPS) is 20.5. The highest BCUT2D eigenvalue weighted by Crippen LogP contribution is 2.32. The molecule has 0 unspecified atom stereocenters. The smallest absolute Gasteiger partial charge is 0.359 e. The molecule has 1 atom stereocenters. The number of hydrogen-bond acceptors (Lipinski definition) is 6. The van der Waals surface area contributed by atoms with E-state index >= 15 is 0 Å². The molecule has 2 aromatic rings. The van der Waals surface area contributed by atoms with Crippen LogP contribution in [0, 0.1) is 0 Å². The minimum atomic E-state index is -1.16. The van der Waals surface area contributed by atoms with Gasteiger partial charge in [-0.15, -0.1) is 0 Å². The van der Waals surface area contributed by atoms with Crippen molar-refractivity contribution >= 4 is 17.8 Å². The monoisotopic (exact) mass is 482 g/mol. The van der Waals surface area contributed by atoms with Crippen LogP contribution >= 0.6 is 0 Å². The van der Waals surface area contributed by atoms with Gasteiger partial charge in [0.05, 0.1) is 26.1 Å². The van der Waals surface area contributed by atoms with Gasteiger partial charge in [0.1, 0.15) is 17.0 Å². The van der Waals surface area contributed by atoms with E-state index in [1.807, 2.05) is 38.1 Å². The number of carbonyl (C=O) groups is 3. The van der Waals surface area contributed by atoms with Crippen molar-refractivity contribution in [2.45, 2.75) is 83.6 Å². The minimum Gasteiger partial charge on any atom is -0.491 e. The SMILES string of the molecule is COC(=O)c1ncn2c1C(=O)N(Cc1ccc(OC(C)C)cc1)[C@@](C)(C(=O)NC1CCCCC1)C2. The lowest BCUT2D eigenvalue weighted by molar-refractivity contribution is -0.134. The lowest BCUT2D eigenvalue weighted by atomic mass is 9.91. The molecule has 2 amide bonds. The van der Waals surface area contributed by atoms with Crippen LogP contribution in [-0.2, 0) is 22.6 Å². The van der Waals surface area contributed by atoms with Gasteiger partial charge in [-0.2, -0.15) is 0 Å². The van der Waals surface area contributed by atoms with Gasteiger partial charge in [0.25, 0.3) is 5.91 Å². The fourth-order valence-corrected chi connectivity index (χ4v) is 4.90. The zero-order valence-corrected chi connectivity index (χ0v) is 20.9. The number of esters is 1. The molecule has 1 N–H and O–H groups in total. The first-order chi connectivity index (χ1) is 16.7. The summed E-state index contributed by atoms with van der Waals surface area (Å²) < 4.78 is 12.1. The molecule has 0 radical (unpaired) electrons. The van der Waals surface area contributed by atoms with Crippen molar-refractivity contribution in [2.24, 2.45) is 0 Å². The Balaban J connectivity index is 1.67. The highest BCUT2D eigenvalue weighted by molar-refractivity contribution is 6.06. The first-order valence-corrected chi connectivity index (χ1v) is 12.2. The van der Waals surface area contributed by atoms with Crippen molar-refractivity contribution in [3.63, 3.8) is 0 Å². The molecule has 35 heavy (non-hydrogen) atoms. The van der Waals surface area contributed by atoms with E-state index in [-0.39, 0.29) is 42.5 Å². The molecular weight excluding hydrogens is 448 g/mol. The van der Waals surface area contributed by atoms with Gasteiger partial charge in [-0.3, -0.25) is 9.59 Å². The molecule has 2 heterocycles. The van der Waals surface area contributed by atoms with Gasteiger partial charge in [0.2, 0.25) is 5.91 Å². The first-order valence-electron chi connectivity index (χ1n) is 12.2. The summed E-state index contributed by atoms with van der Waals surface area (Å²) in [6, 6.07) is 7.59. The fourth-order valence-electron chi connectivity index (χ4n) is 4.90. The van der Waals surface area contributed by atoms with Crippen molar-refractivity contribution in [1.82, 2.24) is 19.8 Å². The number of rotatable bonds is 7. The van der Waals surface area contributed by atoms with Gasteiger partial charge < -0.3 is 24.3 Å². The highest BCUT2D eigenvalue weighted by Gasteiger charge is 2.49. The molecule has 1 aliphatic heterocycles. The number of aromatic nitrogens is 2. The van der Waals surface area contributed by atoms with E-state index in [1.165, 1.54) is 19.9 Å². The number of nitrogens with one attached hydrogen (secondary N) is 1. The second-order valence-electron chi connectivity index (χ2n) is 9.85. The minimum absolute atomic E-state index is 0.0436. The molecule has 188 valence electrons. The summed E-state index contributed by atoms with van der Waals surface area (Å²) in [6.45, 7) is 6.07. The Hall–Kier alpha value is -3.36. The summed E-state index contributed by atoms with van der Waals surface area (Å²) in [5.74, 6) is -0.579. The number of methoxy groups -OCH3 is 1. The lowest BCUT2D eigenvalue weighted by Crippen LogP contribution is -2.64. The summed E-state index contributed by atoms with van der Waals surface area (Å²) in [7, 11) is 1.25. The molecule has 1 fully saturated rings. The standard InChI is InChI=1S/C26H34N4O5/c1-17(2)35-20-12-10-18(11-13-20)14-30-23(31)22-21(24(32)34-4)27-16-29(22)15-26(30,3)25(33)28-19-8-6-5-7-9-19/h10-13,16-17,19H,5-9,14-15H2,1-4H3,(H,28,33)/t26-/m1/s1. The number of benzene rings is 1. The van der Waals surface area contributed by atoms with Crippen LogP contribution in [0.1, 0.15) is 79.4 Å². The van der Waals surface area contributed by atoms with E-state index < -0.39 is 17.4 Å². The second kappa shape index (κ2) is 10.1. The molecule has 9 nitrogen and oxygen atoms in total. The number of fused-ring (bicyclic) bond motifs is 1. The van der Waals surface area contributed by atoms with Crippen LogP contribution in [-0.4, -0.2) is 57.0 Å². The largest absolute Gasteiger partial charge is 0.491 e. The number of nitrogens with zero attached hydrogens (tertiary/aromatic N) is 3. The maximum absolute atomic E-state index is 13.8. The zero-order valence-electron chi connectivity index (χ0n) is 20.9. The lowest BCUT2D eigenvalue weighted by Gasteiger charge is -2.44. The Labute approximate surface area is 205 Å². The average molecular weight is 483 g/mol. The molecular formula is C26H34N4O5. The van der Waals surface area contributed by atoms with Crippen LogP contribution in [0.5, 0.6) is 5.75 Å². The topological polar surface area (TPSA) is 103 Å². The van der Waals surface area contributed by atoms with Crippen molar-refractivity contribution in [1.29, 1.82) is 0 Å². The number of carbonyl (C=O) groups excluding carboxylic acids is 3. The van der Waals surface area contributed by atoms with E-state index in [4.69, 9.17) is 9.47 Å². The predicted octanol–water partition coefficient (Wildman–Crippen LogP) is 3.32. The van der Waals surface area contributed by atoms with Crippen LogP contribution in [0.4, 0.5) is 0 Å². The summed E-state index contributed by atoms with van der Waals surface area (Å²) in [5.41, 5.74) is -0.223. The van der Waals surface area contributed by atoms with Gasteiger partial charge >= 0.3 is 5.97 Å². The molecule has 1 aromatic heterocycles. The second-order valence-corrected chi connectivity index (χ2v) is 9.85. The predicted molar refractivity (Wildman–Crippen MR) is 129 cm³/mol. The van der Waals surface area contributed by atoms with Crippen molar-refractivity contribution in [3.05, 3.63) is 47.5 Å². The maximum atomic E-state index is 13.8. The molecule has 0 saturated heterocycles. The summed E-state index contributed by atoms with van der Waals surface area (Å²) in [5, 5.41) is 3.19.